The highest BCUT2D eigenvalue weighted by Gasteiger charge is 2.21. The maximum Gasteiger partial charge on any atom is 0.293 e. The summed E-state index contributed by atoms with van der Waals surface area (Å²) >= 11 is 0. The van der Waals surface area contributed by atoms with Gasteiger partial charge in [0.2, 0.25) is 0 Å². The zero-order chi connectivity index (χ0) is 21.8. The smallest absolute Gasteiger partial charge is 0.293 e. The van der Waals surface area contributed by atoms with Gasteiger partial charge in [0, 0.05) is 24.7 Å². The van der Waals surface area contributed by atoms with Crippen molar-refractivity contribution in [1.82, 2.24) is 5.43 Å². The fourth-order valence-corrected chi connectivity index (χ4v) is 3.47. The van der Waals surface area contributed by atoms with Crippen LogP contribution in [-0.2, 0) is 4.74 Å². The van der Waals surface area contributed by atoms with Gasteiger partial charge < -0.3 is 14.7 Å². The number of anilines is 1. The molecule has 3 aromatic rings. The molecular formula is C22H20N4O5. The van der Waals surface area contributed by atoms with Crippen molar-refractivity contribution in [2.75, 3.05) is 31.2 Å². The second-order valence-corrected chi connectivity index (χ2v) is 7.02. The molecule has 9 heteroatoms. The summed E-state index contributed by atoms with van der Waals surface area (Å²) in [7, 11) is 0. The molecule has 1 fully saturated rings. The Morgan fingerprint density at radius 3 is 2.55 bits per heavy atom. The number of hydrogen-bond donors (Lipinski definition) is 2. The first-order valence-electron chi connectivity index (χ1n) is 9.69. The van der Waals surface area contributed by atoms with Crippen LogP contribution in [0, 0.1) is 10.1 Å². The number of phenols is 1. The Bertz CT molecular complexity index is 1170. The Kier molecular flexibility index (Phi) is 5.76. The van der Waals surface area contributed by atoms with Crippen molar-refractivity contribution < 1.29 is 19.6 Å². The lowest BCUT2D eigenvalue weighted by molar-refractivity contribution is -0.384. The van der Waals surface area contributed by atoms with Crippen LogP contribution in [0.2, 0.25) is 0 Å². The van der Waals surface area contributed by atoms with Crippen LogP contribution in [-0.4, -0.2) is 48.5 Å². The Labute approximate surface area is 177 Å². The molecule has 4 rings (SSSR count). The first-order chi connectivity index (χ1) is 15.0. The van der Waals surface area contributed by atoms with E-state index in [1.807, 2.05) is 29.2 Å². The number of ether oxygens (including phenoxy) is 1. The zero-order valence-electron chi connectivity index (χ0n) is 16.5. The minimum atomic E-state index is -0.584. The number of hydrazone groups is 1. The van der Waals surface area contributed by atoms with Gasteiger partial charge in [-0.1, -0.05) is 30.3 Å². The molecular weight excluding hydrogens is 400 g/mol. The van der Waals surface area contributed by atoms with E-state index >= 15 is 0 Å². The number of amides is 1. The van der Waals surface area contributed by atoms with Gasteiger partial charge in [-0.05, 0) is 29.0 Å². The quantitative estimate of drug-likeness (QED) is 0.372. The molecule has 0 atom stereocenters. The van der Waals surface area contributed by atoms with Gasteiger partial charge in [-0.3, -0.25) is 14.9 Å². The number of rotatable bonds is 5. The molecule has 2 N–H and O–H groups in total. The number of nitro benzene ring substituents is 1. The number of morpholine rings is 1. The summed E-state index contributed by atoms with van der Waals surface area (Å²) < 4.78 is 5.30. The number of nitro groups is 1. The molecule has 31 heavy (non-hydrogen) atoms. The predicted octanol–water partition coefficient (Wildman–Crippen LogP) is 3.05. The van der Waals surface area contributed by atoms with Crippen LogP contribution in [0.5, 0.6) is 5.75 Å². The number of nitrogens with one attached hydrogen (secondary N) is 1. The van der Waals surface area contributed by atoms with E-state index < -0.39 is 10.8 Å². The third-order valence-corrected chi connectivity index (χ3v) is 5.04. The minimum Gasteiger partial charge on any atom is -0.507 e. The number of fused-ring (bicyclic) bond motifs is 1. The van der Waals surface area contributed by atoms with E-state index in [0.29, 0.717) is 37.6 Å². The minimum absolute atomic E-state index is 0.0376. The van der Waals surface area contributed by atoms with Gasteiger partial charge in [-0.15, -0.1) is 0 Å². The number of nitrogens with zero attached hydrogens (tertiary/aromatic N) is 3. The van der Waals surface area contributed by atoms with Crippen LogP contribution in [0.3, 0.4) is 0 Å². The Morgan fingerprint density at radius 1 is 1.13 bits per heavy atom. The maximum atomic E-state index is 12.4. The van der Waals surface area contributed by atoms with Crippen LogP contribution in [0.25, 0.3) is 10.8 Å². The summed E-state index contributed by atoms with van der Waals surface area (Å²) in [6.07, 6.45) is 1.33. The number of benzene rings is 3. The van der Waals surface area contributed by atoms with Gasteiger partial charge in [0.15, 0.2) is 0 Å². The van der Waals surface area contributed by atoms with Gasteiger partial charge in [0.05, 0.1) is 29.9 Å². The van der Waals surface area contributed by atoms with Crippen LogP contribution in [0.4, 0.5) is 11.4 Å². The second kappa shape index (κ2) is 8.80. The number of aromatic hydroxyl groups is 1. The van der Waals surface area contributed by atoms with Crippen molar-refractivity contribution in [2.45, 2.75) is 0 Å². The summed E-state index contributed by atoms with van der Waals surface area (Å²) in [6.45, 7) is 2.21. The Hall–Kier alpha value is -3.98. The molecule has 1 heterocycles. The molecule has 9 nitrogen and oxygen atoms in total. The first kappa shape index (κ1) is 20.3. The summed E-state index contributed by atoms with van der Waals surface area (Å²) in [5.74, 6) is -0.740. The largest absolute Gasteiger partial charge is 0.507 e. The highest BCUT2D eigenvalue weighted by Crippen LogP contribution is 2.29. The molecule has 1 saturated heterocycles. The van der Waals surface area contributed by atoms with E-state index in [1.54, 1.807) is 18.2 Å². The van der Waals surface area contributed by atoms with Gasteiger partial charge in [0.25, 0.3) is 11.6 Å². The highest BCUT2D eigenvalue weighted by molar-refractivity contribution is 6.01. The SMILES string of the molecule is O=C(NN=Cc1ccc(N2CCOCC2)c([N+](=O)[O-])c1)c1cc2ccccc2cc1O. The topological polar surface area (TPSA) is 117 Å². The van der Waals surface area contributed by atoms with E-state index in [0.717, 1.165) is 10.8 Å². The highest BCUT2D eigenvalue weighted by atomic mass is 16.6. The van der Waals surface area contributed by atoms with Crippen molar-refractivity contribution in [3.63, 3.8) is 0 Å². The van der Waals surface area contributed by atoms with Crippen molar-refractivity contribution in [3.8, 4) is 5.75 Å². The first-order valence-corrected chi connectivity index (χ1v) is 9.69. The zero-order valence-corrected chi connectivity index (χ0v) is 16.5. The van der Waals surface area contributed by atoms with Crippen LogP contribution in [0.15, 0.2) is 59.7 Å². The van der Waals surface area contributed by atoms with Gasteiger partial charge in [0.1, 0.15) is 11.4 Å². The van der Waals surface area contributed by atoms with Crippen LogP contribution >= 0.6 is 0 Å². The molecule has 1 aliphatic rings. The average Bonchev–Trinajstić information content (AvgIpc) is 2.79. The average molecular weight is 420 g/mol. The molecule has 1 aliphatic heterocycles. The number of carbonyl (C=O) groups excluding carboxylic acids is 1. The van der Waals surface area contributed by atoms with E-state index in [2.05, 4.69) is 10.5 Å². The van der Waals surface area contributed by atoms with Crippen LogP contribution in [0.1, 0.15) is 15.9 Å². The molecule has 3 aromatic carbocycles. The third kappa shape index (κ3) is 4.46. The molecule has 0 radical (unpaired) electrons. The number of hydrogen-bond acceptors (Lipinski definition) is 7. The fraction of sp³-hybridized carbons (Fsp3) is 0.182. The molecule has 0 unspecified atom stereocenters. The molecule has 0 spiro atoms. The summed E-state index contributed by atoms with van der Waals surface area (Å²) in [6, 6.07) is 15.2. The van der Waals surface area contributed by atoms with Gasteiger partial charge in [-0.25, -0.2) is 5.43 Å². The molecule has 0 aromatic heterocycles. The van der Waals surface area contributed by atoms with Crippen molar-refractivity contribution in [1.29, 1.82) is 0 Å². The molecule has 158 valence electrons. The number of phenolic OH excluding ortho intramolecular Hbond substituents is 1. The summed E-state index contributed by atoms with van der Waals surface area (Å²) in [5, 5.41) is 27.2. The Morgan fingerprint density at radius 2 is 1.84 bits per heavy atom. The molecule has 0 bridgehead atoms. The molecule has 0 aliphatic carbocycles. The maximum absolute atomic E-state index is 12.4. The molecule has 0 saturated carbocycles. The monoisotopic (exact) mass is 420 g/mol. The lowest BCUT2D eigenvalue weighted by Crippen LogP contribution is -2.36. The normalized spacial score (nSPS) is 14.1. The second-order valence-electron chi connectivity index (χ2n) is 7.02. The van der Waals surface area contributed by atoms with Gasteiger partial charge in [-0.2, -0.15) is 5.10 Å². The van der Waals surface area contributed by atoms with E-state index in [-0.39, 0.29) is 17.0 Å². The standard InChI is InChI=1S/C22H20N4O5/c27-21-13-17-4-2-1-3-16(17)12-18(21)22(28)24-23-14-15-5-6-19(20(11-15)26(29)30)25-7-9-31-10-8-25/h1-6,11-14,27H,7-10H2,(H,24,28). The van der Waals surface area contributed by atoms with Crippen LogP contribution < -0.4 is 10.3 Å². The third-order valence-electron chi connectivity index (χ3n) is 5.04. The lowest BCUT2D eigenvalue weighted by Gasteiger charge is -2.28. The molecule has 1 amide bonds. The number of carbonyl (C=O) groups is 1. The fourth-order valence-electron chi connectivity index (χ4n) is 3.47. The van der Waals surface area contributed by atoms with Crippen molar-refractivity contribution in [2.24, 2.45) is 5.10 Å². The van der Waals surface area contributed by atoms with Gasteiger partial charge >= 0.3 is 0 Å². The summed E-state index contributed by atoms with van der Waals surface area (Å²) in [4.78, 5) is 25.4. The summed E-state index contributed by atoms with van der Waals surface area (Å²) in [5.41, 5.74) is 3.39. The lowest BCUT2D eigenvalue weighted by atomic mass is 10.1. The van der Waals surface area contributed by atoms with Crippen molar-refractivity contribution >= 4 is 34.3 Å². The van der Waals surface area contributed by atoms with E-state index in [1.165, 1.54) is 18.3 Å². The predicted molar refractivity (Wildman–Crippen MR) is 117 cm³/mol. The van der Waals surface area contributed by atoms with E-state index in [4.69, 9.17) is 4.74 Å². The Balaban J connectivity index is 1.51. The van der Waals surface area contributed by atoms with Crippen molar-refractivity contribution in [3.05, 3.63) is 75.8 Å². The van der Waals surface area contributed by atoms with E-state index in [9.17, 15) is 20.0 Å².